The van der Waals surface area contributed by atoms with Gasteiger partial charge in [0.1, 0.15) is 6.10 Å². The van der Waals surface area contributed by atoms with Gasteiger partial charge < -0.3 is 14.8 Å². The lowest BCUT2D eigenvalue weighted by Gasteiger charge is -2.23. The Kier molecular flexibility index (Phi) is 6.70. The molecule has 2 aromatic carbocycles. The lowest BCUT2D eigenvalue weighted by Crippen LogP contribution is -2.34. The van der Waals surface area contributed by atoms with Crippen LogP contribution in [0, 0.1) is 13.8 Å². The number of fused-ring (bicyclic) bond motifs is 4. The van der Waals surface area contributed by atoms with E-state index in [1.54, 1.807) is 6.07 Å². The molecule has 0 radical (unpaired) electrons. The molecule has 37 heavy (non-hydrogen) atoms. The van der Waals surface area contributed by atoms with Crippen molar-refractivity contribution in [2.75, 3.05) is 24.5 Å². The highest BCUT2D eigenvalue weighted by Gasteiger charge is 2.27. The Labute approximate surface area is 216 Å². The van der Waals surface area contributed by atoms with Crippen LogP contribution in [0.3, 0.4) is 0 Å². The minimum Gasteiger partial charge on any atom is -0.472 e. The van der Waals surface area contributed by atoms with E-state index in [-0.39, 0.29) is 28.8 Å². The molecule has 1 amide bonds. The number of aryl methyl sites for hydroxylation is 2. The van der Waals surface area contributed by atoms with E-state index in [2.05, 4.69) is 15.0 Å². The van der Waals surface area contributed by atoms with Crippen molar-refractivity contribution < 1.29 is 22.7 Å². The Morgan fingerprint density at radius 3 is 2.51 bits per heavy atom. The highest BCUT2D eigenvalue weighted by Crippen LogP contribution is 2.40. The first-order valence-corrected chi connectivity index (χ1v) is 13.5. The fourth-order valence-corrected chi connectivity index (χ4v) is 5.53. The van der Waals surface area contributed by atoms with Crippen LogP contribution in [0.5, 0.6) is 5.88 Å². The Balaban J connectivity index is 1.77. The molecule has 4 bridgehead atoms. The molecule has 0 aliphatic carbocycles. The van der Waals surface area contributed by atoms with Crippen LogP contribution in [0.15, 0.2) is 53.4 Å². The quantitative estimate of drug-likeness (QED) is 0.526. The number of hydrogen-bond donors (Lipinski definition) is 2. The fourth-order valence-electron chi connectivity index (χ4n) is 4.54. The molecule has 1 aromatic heterocycles. The van der Waals surface area contributed by atoms with E-state index < -0.39 is 22.0 Å². The van der Waals surface area contributed by atoms with Crippen molar-refractivity contribution in [3.8, 4) is 17.1 Å². The molecule has 9 nitrogen and oxygen atoms in total. The van der Waals surface area contributed by atoms with Crippen LogP contribution in [0.4, 0.5) is 5.95 Å². The Hall–Kier alpha value is -3.76. The topological polar surface area (TPSA) is 120 Å². The number of hydrogen-bond acceptors (Lipinski definition) is 7. The Bertz CT molecular complexity index is 1500. The second kappa shape index (κ2) is 9.95. The summed E-state index contributed by atoms with van der Waals surface area (Å²) in [7, 11) is -4.10. The third kappa shape index (κ3) is 5.07. The van der Waals surface area contributed by atoms with Crippen LogP contribution in [-0.4, -0.2) is 50.2 Å². The number of aromatic nitrogens is 2. The second-order valence-corrected chi connectivity index (χ2v) is 10.9. The van der Waals surface area contributed by atoms with Crippen LogP contribution in [-0.2, 0) is 14.8 Å². The molecule has 5 rings (SSSR count). The van der Waals surface area contributed by atoms with E-state index >= 15 is 0 Å². The summed E-state index contributed by atoms with van der Waals surface area (Å²) in [6.45, 7) is 6.97. The molecular formula is C27H28N4O5S. The summed E-state index contributed by atoms with van der Waals surface area (Å²) in [4.78, 5) is 21.9. The van der Waals surface area contributed by atoms with Gasteiger partial charge in [-0.25, -0.2) is 18.1 Å². The lowest BCUT2D eigenvalue weighted by atomic mass is 9.92. The van der Waals surface area contributed by atoms with Gasteiger partial charge in [0.15, 0.2) is 0 Å². The third-order valence-corrected chi connectivity index (χ3v) is 7.70. The standard InChI is InChI=1S/C27H28N4O5S/c1-16-6-4-7-17(2)22(16)24-23(19-10-12-35-13-11-19)26-30-27(29-24)31-37(33,34)21-9-5-8-20(14-21)25(32)28-15-18(3)36-26/h4-10,14,18H,11-13,15H2,1-3H3,(H,28,32)(H,29,30,31)/t18-/m1/s1. The predicted octanol–water partition coefficient (Wildman–Crippen LogP) is 3.88. The third-order valence-electron chi connectivity index (χ3n) is 6.37. The largest absolute Gasteiger partial charge is 0.472 e. The molecule has 10 heteroatoms. The zero-order valence-corrected chi connectivity index (χ0v) is 21.7. The molecule has 2 aliphatic heterocycles. The summed E-state index contributed by atoms with van der Waals surface area (Å²) in [6.07, 6.45) is 2.14. The molecule has 2 aliphatic rings. The second-order valence-electron chi connectivity index (χ2n) is 9.17. The molecule has 0 saturated heterocycles. The molecule has 3 heterocycles. The molecular weight excluding hydrogens is 492 g/mol. The summed E-state index contributed by atoms with van der Waals surface area (Å²) in [5.74, 6) is -0.264. The minimum absolute atomic E-state index is 0.0663. The fraction of sp³-hybridized carbons (Fsp3) is 0.296. The molecule has 0 unspecified atom stereocenters. The van der Waals surface area contributed by atoms with Gasteiger partial charge in [-0.15, -0.1) is 0 Å². The number of nitrogens with one attached hydrogen (secondary N) is 2. The number of anilines is 1. The molecule has 3 aromatic rings. The highest BCUT2D eigenvalue weighted by atomic mass is 32.2. The van der Waals surface area contributed by atoms with Crippen molar-refractivity contribution in [1.82, 2.24) is 15.3 Å². The number of rotatable bonds is 2. The van der Waals surface area contributed by atoms with E-state index in [9.17, 15) is 13.2 Å². The van der Waals surface area contributed by atoms with Crippen molar-refractivity contribution in [3.63, 3.8) is 0 Å². The van der Waals surface area contributed by atoms with Crippen molar-refractivity contribution in [3.05, 3.63) is 70.8 Å². The number of ether oxygens (including phenoxy) is 2. The number of carbonyl (C=O) groups excluding carboxylic acids is 1. The van der Waals surface area contributed by atoms with Crippen LogP contribution in [0.25, 0.3) is 16.8 Å². The van der Waals surface area contributed by atoms with Crippen molar-refractivity contribution >= 4 is 27.5 Å². The number of amides is 1. The Morgan fingerprint density at radius 2 is 1.78 bits per heavy atom. The maximum absolute atomic E-state index is 13.3. The molecule has 1 atom stereocenters. The first-order valence-electron chi connectivity index (χ1n) is 12.1. The molecule has 192 valence electrons. The molecule has 0 fully saturated rings. The average molecular weight is 521 g/mol. The summed E-state index contributed by atoms with van der Waals surface area (Å²) in [5.41, 5.74) is 5.30. The SMILES string of the molecule is Cc1cccc(C)c1-c1nc2nc(c1C1=CCOCC1)O[C@H](C)CNC(=O)c1cccc(c1)S(=O)(=O)N2. The van der Waals surface area contributed by atoms with Crippen molar-refractivity contribution in [2.45, 2.75) is 38.2 Å². The van der Waals surface area contributed by atoms with Gasteiger partial charge in [0.2, 0.25) is 11.8 Å². The summed E-state index contributed by atoms with van der Waals surface area (Å²) < 4.78 is 41.0. The summed E-state index contributed by atoms with van der Waals surface area (Å²) in [6, 6.07) is 11.8. The number of sulfonamides is 1. The van der Waals surface area contributed by atoms with E-state index in [0.717, 1.165) is 22.3 Å². The van der Waals surface area contributed by atoms with Crippen molar-refractivity contribution in [1.29, 1.82) is 0 Å². The van der Waals surface area contributed by atoms with Gasteiger partial charge in [-0.1, -0.05) is 30.3 Å². The van der Waals surface area contributed by atoms with E-state index in [1.807, 2.05) is 45.0 Å². The zero-order valence-electron chi connectivity index (χ0n) is 20.9. The summed E-state index contributed by atoms with van der Waals surface area (Å²) in [5, 5.41) is 2.82. The van der Waals surface area contributed by atoms with Crippen molar-refractivity contribution in [2.24, 2.45) is 0 Å². The minimum atomic E-state index is -4.10. The average Bonchev–Trinajstić information content (AvgIpc) is 2.87. The normalized spacial score (nSPS) is 19.2. The van der Waals surface area contributed by atoms with E-state index in [4.69, 9.17) is 14.5 Å². The van der Waals surface area contributed by atoms with Gasteiger partial charge in [-0.2, -0.15) is 4.98 Å². The van der Waals surface area contributed by atoms with E-state index in [1.165, 1.54) is 18.2 Å². The monoisotopic (exact) mass is 520 g/mol. The number of carbonyl (C=O) groups is 1. The van der Waals surface area contributed by atoms with Gasteiger partial charge in [0.25, 0.3) is 15.9 Å². The lowest BCUT2D eigenvalue weighted by molar-refractivity contribution is 0.0930. The van der Waals surface area contributed by atoms with Gasteiger partial charge in [0, 0.05) is 11.1 Å². The van der Waals surface area contributed by atoms with Gasteiger partial charge in [0.05, 0.1) is 35.9 Å². The highest BCUT2D eigenvalue weighted by molar-refractivity contribution is 7.92. The number of benzene rings is 2. The van der Waals surface area contributed by atoms with Gasteiger partial charge in [-0.3, -0.25) is 4.79 Å². The van der Waals surface area contributed by atoms with E-state index in [0.29, 0.717) is 30.9 Å². The zero-order chi connectivity index (χ0) is 26.2. The van der Waals surface area contributed by atoms with Crippen LogP contribution in [0.2, 0.25) is 0 Å². The number of nitrogens with zero attached hydrogens (tertiary/aromatic N) is 2. The van der Waals surface area contributed by atoms with Gasteiger partial charge >= 0.3 is 0 Å². The molecule has 2 N–H and O–H groups in total. The van der Waals surface area contributed by atoms with Crippen LogP contribution < -0.4 is 14.8 Å². The molecule has 0 saturated carbocycles. The Morgan fingerprint density at radius 1 is 1.03 bits per heavy atom. The first kappa shape index (κ1) is 24.9. The maximum atomic E-state index is 13.3. The summed E-state index contributed by atoms with van der Waals surface area (Å²) >= 11 is 0. The van der Waals surface area contributed by atoms with Crippen LogP contribution >= 0.6 is 0 Å². The first-order chi connectivity index (χ1) is 17.7. The van der Waals surface area contributed by atoms with Crippen LogP contribution in [0.1, 0.15) is 40.4 Å². The maximum Gasteiger partial charge on any atom is 0.264 e. The van der Waals surface area contributed by atoms with Gasteiger partial charge in [-0.05, 0) is 62.1 Å². The smallest absolute Gasteiger partial charge is 0.264 e. The molecule has 0 spiro atoms. The predicted molar refractivity (Wildman–Crippen MR) is 140 cm³/mol.